The molecule has 0 unspecified atom stereocenters. The largest absolute Gasteiger partial charge is 0.466 e. The predicted octanol–water partition coefficient (Wildman–Crippen LogP) is 4.56. The lowest BCUT2D eigenvalue weighted by atomic mass is 10.1. The van der Waals surface area contributed by atoms with Gasteiger partial charge in [-0.3, -0.25) is 9.59 Å². The SMILES string of the molecule is CCOC(=O)CCN(CC1CC1)C(=O)Cc1csc(-c2ccc(C(F)(F)F)cc2)n1. The molecule has 0 N–H and O–H groups in total. The standard InChI is InChI=1S/C21H23F3N2O3S/c1-2-29-19(28)9-10-26(12-14-3-4-14)18(27)11-17-13-30-20(25-17)15-5-7-16(8-6-15)21(22,23)24/h5-8,13-14H,2-4,9-12H2,1H3. The number of halogens is 3. The van der Waals surface area contributed by atoms with Gasteiger partial charge in [0.2, 0.25) is 5.91 Å². The lowest BCUT2D eigenvalue weighted by Crippen LogP contribution is -2.36. The summed E-state index contributed by atoms with van der Waals surface area (Å²) >= 11 is 1.28. The van der Waals surface area contributed by atoms with Crippen LogP contribution in [0, 0.1) is 5.92 Å². The van der Waals surface area contributed by atoms with Crippen molar-refractivity contribution in [2.24, 2.45) is 5.92 Å². The van der Waals surface area contributed by atoms with Crippen LogP contribution in [-0.2, 0) is 26.9 Å². The van der Waals surface area contributed by atoms with Gasteiger partial charge >= 0.3 is 12.1 Å². The van der Waals surface area contributed by atoms with E-state index in [0.29, 0.717) is 41.9 Å². The molecule has 162 valence electrons. The lowest BCUT2D eigenvalue weighted by molar-refractivity contribution is -0.144. The van der Waals surface area contributed by atoms with Gasteiger partial charge in [0.15, 0.2) is 0 Å². The van der Waals surface area contributed by atoms with E-state index in [1.807, 2.05) is 0 Å². The Kier molecular flexibility index (Phi) is 7.12. The van der Waals surface area contributed by atoms with Crippen LogP contribution in [0.4, 0.5) is 13.2 Å². The number of thiazole rings is 1. The third-order valence-corrected chi connectivity index (χ3v) is 5.70. The first-order valence-electron chi connectivity index (χ1n) is 9.81. The van der Waals surface area contributed by atoms with Crippen molar-refractivity contribution in [3.05, 3.63) is 40.9 Å². The summed E-state index contributed by atoms with van der Waals surface area (Å²) in [5.41, 5.74) is 0.427. The third-order valence-electron chi connectivity index (χ3n) is 4.76. The molecule has 1 aromatic heterocycles. The van der Waals surface area contributed by atoms with E-state index in [2.05, 4.69) is 4.98 Å². The molecular formula is C21H23F3N2O3S. The van der Waals surface area contributed by atoms with Crippen LogP contribution in [-0.4, -0.2) is 41.5 Å². The smallest absolute Gasteiger partial charge is 0.416 e. The van der Waals surface area contributed by atoms with Gasteiger partial charge in [-0.25, -0.2) is 4.98 Å². The minimum Gasteiger partial charge on any atom is -0.466 e. The first-order valence-corrected chi connectivity index (χ1v) is 10.7. The van der Waals surface area contributed by atoms with Gasteiger partial charge in [0.25, 0.3) is 0 Å². The number of nitrogens with zero attached hydrogens (tertiary/aromatic N) is 2. The molecule has 0 radical (unpaired) electrons. The van der Waals surface area contributed by atoms with E-state index < -0.39 is 11.7 Å². The molecule has 0 spiro atoms. The minimum atomic E-state index is -4.38. The van der Waals surface area contributed by atoms with Crippen LogP contribution in [0.1, 0.15) is 37.4 Å². The van der Waals surface area contributed by atoms with Crippen molar-refractivity contribution in [3.63, 3.8) is 0 Å². The topological polar surface area (TPSA) is 59.5 Å². The van der Waals surface area contributed by atoms with Crippen LogP contribution >= 0.6 is 11.3 Å². The Labute approximate surface area is 176 Å². The first kappa shape index (κ1) is 22.3. The highest BCUT2D eigenvalue weighted by Crippen LogP contribution is 2.32. The second kappa shape index (κ2) is 9.59. The van der Waals surface area contributed by atoms with Crippen LogP contribution in [0.15, 0.2) is 29.6 Å². The zero-order chi connectivity index (χ0) is 21.7. The van der Waals surface area contributed by atoms with E-state index in [9.17, 15) is 22.8 Å². The highest BCUT2D eigenvalue weighted by molar-refractivity contribution is 7.13. The number of alkyl halides is 3. The predicted molar refractivity (Wildman–Crippen MR) is 107 cm³/mol. The van der Waals surface area contributed by atoms with Crippen LogP contribution in [0.25, 0.3) is 10.6 Å². The fourth-order valence-corrected chi connectivity index (χ4v) is 3.80. The van der Waals surface area contributed by atoms with E-state index in [4.69, 9.17) is 4.74 Å². The average molecular weight is 440 g/mol. The molecule has 0 bridgehead atoms. The summed E-state index contributed by atoms with van der Waals surface area (Å²) in [5.74, 6) is 0.0362. The first-order chi connectivity index (χ1) is 14.3. The molecule has 9 heteroatoms. The molecule has 1 heterocycles. The molecule has 1 saturated carbocycles. The molecule has 1 aromatic carbocycles. The van der Waals surface area contributed by atoms with Crippen LogP contribution in [0.5, 0.6) is 0 Å². The minimum absolute atomic E-state index is 0.0900. The molecular weight excluding hydrogens is 417 g/mol. The number of hydrogen-bond donors (Lipinski definition) is 0. The molecule has 1 amide bonds. The van der Waals surface area contributed by atoms with Crippen molar-refractivity contribution < 1.29 is 27.5 Å². The Morgan fingerprint density at radius 3 is 2.53 bits per heavy atom. The molecule has 0 atom stereocenters. The number of amides is 1. The molecule has 2 aromatic rings. The molecule has 1 aliphatic rings. The molecule has 1 fully saturated rings. The highest BCUT2D eigenvalue weighted by Gasteiger charge is 2.30. The van der Waals surface area contributed by atoms with Crippen molar-refractivity contribution in [3.8, 4) is 10.6 Å². The monoisotopic (exact) mass is 440 g/mol. The Hall–Kier alpha value is -2.42. The zero-order valence-electron chi connectivity index (χ0n) is 16.6. The lowest BCUT2D eigenvalue weighted by Gasteiger charge is -2.22. The number of carbonyl (C=O) groups is 2. The van der Waals surface area contributed by atoms with Gasteiger partial charge in [0, 0.05) is 24.0 Å². The van der Waals surface area contributed by atoms with Gasteiger partial charge in [-0.1, -0.05) is 12.1 Å². The summed E-state index contributed by atoms with van der Waals surface area (Å²) in [7, 11) is 0. The number of hydrogen-bond acceptors (Lipinski definition) is 5. The van der Waals surface area contributed by atoms with Gasteiger partial charge in [-0.2, -0.15) is 13.2 Å². The third kappa shape index (κ3) is 6.29. The number of rotatable bonds is 9. The number of esters is 1. The van der Waals surface area contributed by atoms with E-state index in [-0.39, 0.29) is 24.7 Å². The van der Waals surface area contributed by atoms with Gasteiger partial charge in [0.1, 0.15) is 5.01 Å². The highest BCUT2D eigenvalue weighted by atomic mass is 32.1. The van der Waals surface area contributed by atoms with Crippen LogP contribution in [0.3, 0.4) is 0 Å². The molecule has 0 saturated heterocycles. The molecule has 5 nitrogen and oxygen atoms in total. The Balaban J connectivity index is 1.62. The maximum atomic E-state index is 12.8. The number of benzene rings is 1. The van der Waals surface area contributed by atoms with E-state index >= 15 is 0 Å². The van der Waals surface area contributed by atoms with Crippen molar-refractivity contribution >= 4 is 23.2 Å². The normalized spacial score (nSPS) is 13.9. The summed E-state index contributed by atoms with van der Waals surface area (Å²) in [6.45, 7) is 2.97. The van der Waals surface area contributed by atoms with Gasteiger partial charge in [0.05, 0.1) is 30.7 Å². The molecule has 1 aliphatic carbocycles. The zero-order valence-corrected chi connectivity index (χ0v) is 17.4. The maximum Gasteiger partial charge on any atom is 0.416 e. The number of ether oxygens (including phenoxy) is 1. The van der Waals surface area contributed by atoms with Crippen molar-refractivity contribution in [1.29, 1.82) is 0 Å². The molecule has 3 rings (SSSR count). The van der Waals surface area contributed by atoms with Crippen molar-refractivity contribution in [2.75, 3.05) is 19.7 Å². The van der Waals surface area contributed by atoms with E-state index in [1.165, 1.54) is 23.5 Å². The van der Waals surface area contributed by atoms with Crippen molar-refractivity contribution in [2.45, 2.75) is 38.8 Å². The van der Waals surface area contributed by atoms with E-state index in [1.54, 1.807) is 17.2 Å². The van der Waals surface area contributed by atoms with Crippen LogP contribution in [0.2, 0.25) is 0 Å². The van der Waals surface area contributed by atoms with E-state index in [0.717, 1.165) is 25.0 Å². The molecule has 30 heavy (non-hydrogen) atoms. The quantitative estimate of drug-likeness (QED) is 0.537. The number of carbonyl (C=O) groups excluding carboxylic acids is 2. The Morgan fingerprint density at radius 1 is 1.23 bits per heavy atom. The van der Waals surface area contributed by atoms with Crippen molar-refractivity contribution in [1.82, 2.24) is 9.88 Å². The molecule has 0 aliphatic heterocycles. The number of aromatic nitrogens is 1. The van der Waals surface area contributed by atoms with Gasteiger partial charge in [-0.15, -0.1) is 11.3 Å². The average Bonchev–Trinajstić information content (AvgIpc) is 3.40. The summed E-state index contributed by atoms with van der Waals surface area (Å²) in [6.07, 6.45) is -1.98. The van der Waals surface area contributed by atoms with Gasteiger partial charge < -0.3 is 9.64 Å². The maximum absolute atomic E-state index is 12.8. The second-order valence-electron chi connectivity index (χ2n) is 7.23. The van der Waals surface area contributed by atoms with Gasteiger partial charge in [-0.05, 0) is 37.8 Å². The summed E-state index contributed by atoms with van der Waals surface area (Å²) in [6, 6.07) is 4.81. The van der Waals surface area contributed by atoms with Crippen LogP contribution < -0.4 is 0 Å². The fraction of sp³-hybridized carbons (Fsp3) is 0.476. The second-order valence-corrected chi connectivity index (χ2v) is 8.09. The Morgan fingerprint density at radius 2 is 1.93 bits per heavy atom. The Bertz CT molecular complexity index is 876. The summed E-state index contributed by atoms with van der Waals surface area (Å²) < 4.78 is 43.1. The summed E-state index contributed by atoms with van der Waals surface area (Å²) in [5, 5.41) is 2.30. The fourth-order valence-electron chi connectivity index (χ4n) is 2.98. The summed E-state index contributed by atoms with van der Waals surface area (Å²) in [4.78, 5) is 30.5.